The summed E-state index contributed by atoms with van der Waals surface area (Å²) in [7, 11) is 0. The summed E-state index contributed by atoms with van der Waals surface area (Å²) in [5.74, 6) is 6.14. The van der Waals surface area contributed by atoms with Crippen molar-refractivity contribution in [2.24, 2.45) is 0 Å². The molecule has 0 aliphatic carbocycles. The molecule has 0 heterocycles. The van der Waals surface area contributed by atoms with Crippen LogP contribution in [0.4, 0.5) is 5.69 Å². The summed E-state index contributed by atoms with van der Waals surface area (Å²) in [6.45, 7) is 0. The average Bonchev–Trinajstić information content (AvgIpc) is 2.32. The minimum Gasteiger partial charge on any atom is -0.398 e. The van der Waals surface area contributed by atoms with E-state index in [0.29, 0.717) is 5.69 Å². The second-order valence-electron chi connectivity index (χ2n) is 3.35. The van der Waals surface area contributed by atoms with Gasteiger partial charge in [0, 0.05) is 21.3 Å². The van der Waals surface area contributed by atoms with E-state index < -0.39 is 0 Å². The Hall–Kier alpha value is -1.72. The number of hydrogen-bond donors (Lipinski definition) is 1. The van der Waals surface area contributed by atoms with Crippen molar-refractivity contribution in [3.63, 3.8) is 0 Å². The van der Waals surface area contributed by atoms with E-state index in [-0.39, 0.29) is 0 Å². The number of rotatable bonds is 0. The van der Waals surface area contributed by atoms with Crippen molar-refractivity contribution < 1.29 is 0 Å². The van der Waals surface area contributed by atoms with Crippen molar-refractivity contribution in [3.8, 4) is 11.8 Å². The fourth-order valence-corrected chi connectivity index (χ4v) is 1.66. The Balaban J connectivity index is 2.34. The van der Waals surface area contributed by atoms with Gasteiger partial charge in [-0.25, -0.2) is 0 Å². The minimum atomic E-state index is 0.701. The molecule has 2 aromatic rings. The molecule has 0 atom stereocenters. The molecule has 0 radical (unpaired) electrons. The summed E-state index contributed by atoms with van der Waals surface area (Å²) in [4.78, 5) is 0. The summed E-state index contributed by atoms with van der Waals surface area (Å²) < 4.78 is 0.985. The second-order valence-corrected chi connectivity index (χ2v) is 4.26. The van der Waals surface area contributed by atoms with Crippen molar-refractivity contribution in [2.75, 3.05) is 5.73 Å². The predicted molar refractivity (Wildman–Crippen MR) is 71.0 cm³/mol. The summed E-state index contributed by atoms with van der Waals surface area (Å²) >= 11 is 3.40. The van der Waals surface area contributed by atoms with Crippen LogP contribution in [0.2, 0.25) is 0 Å². The molecule has 0 spiro atoms. The Morgan fingerprint density at radius 2 is 1.69 bits per heavy atom. The van der Waals surface area contributed by atoms with Crippen LogP contribution in [0, 0.1) is 11.8 Å². The third-order valence-electron chi connectivity index (χ3n) is 2.13. The molecule has 16 heavy (non-hydrogen) atoms. The summed E-state index contributed by atoms with van der Waals surface area (Å²) in [5, 5.41) is 0. The lowest BCUT2D eigenvalue weighted by Gasteiger charge is -1.97. The van der Waals surface area contributed by atoms with Crippen molar-refractivity contribution >= 4 is 21.6 Å². The molecular weight excluding hydrogens is 262 g/mol. The van der Waals surface area contributed by atoms with Crippen LogP contribution >= 0.6 is 15.9 Å². The monoisotopic (exact) mass is 271 g/mol. The van der Waals surface area contributed by atoms with Gasteiger partial charge in [-0.15, -0.1) is 0 Å². The molecule has 2 N–H and O–H groups in total. The zero-order valence-electron chi connectivity index (χ0n) is 8.57. The van der Waals surface area contributed by atoms with Crippen LogP contribution in [0.5, 0.6) is 0 Å². The molecule has 0 saturated carbocycles. The lowest BCUT2D eigenvalue weighted by molar-refractivity contribution is 1.58. The van der Waals surface area contributed by atoms with Crippen LogP contribution < -0.4 is 5.73 Å². The smallest absolute Gasteiger partial charge is 0.0489 e. The minimum absolute atomic E-state index is 0.701. The van der Waals surface area contributed by atoms with Gasteiger partial charge in [0.25, 0.3) is 0 Å². The topological polar surface area (TPSA) is 26.0 Å². The molecule has 2 heteroatoms. The maximum atomic E-state index is 5.83. The van der Waals surface area contributed by atoms with E-state index in [1.807, 2.05) is 48.5 Å². The molecular formula is C14H10BrN. The predicted octanol–water partition coefficient (Wildman–Crippen LogP) is 3.43. The second kappa shape index (κ2) is 4.87. The molecule has 2 aromatic carbocycles. The molecule has 0 aliphatic heterocycles. The van der Waals surface area contributed by atoms with Crippen LogP contribution in [0.3, 0.4) is 0 Å². The van der Waals surface area contributed by atoms with Crippen LogP contribution in [-0.4, -0.2) is 0 Å². The van der Waals surface area contributed by atoms with E-state index in [4.69, 9.17) is 5.73 Å². The lowest BCUT2D eigenvalue weighted by Crippen LogP contribution is -1.89. The number of nitrogen functional groups attached to an aromatic ring is 1. The van der Waals surface area contributed by atoms with Crippen molar-refractivity contribution in [1.29, 1.82) is 0 Å². The fraction of sp³-hybridized carbons (Fsp3) is 0. The molecule has 0 unspecified atom stereocenters. The van der Waals surface area contributed by atoms with Crippen molar-refractivity contribution in [1.82, 2.24) is 0 Å². The van der Waals surface area contributed by atoms with Gasteiger partial charge in [0.2, 0.25) is 0 Å². The van der Waals surface area contributed by atoms with Crippen molar-refractivity contribution in [2.45, 2.75) is 0 Å². The largest absolute Gasteiger partial charge is 0.398 e. The van der Waals surface area contributed by atoms with Crippen LogP contribution in [-0.2, 0) is 0 Å². The van der Waals surface area contributed by atoms with Gasteiger partial charge in [-0.3, -0.25) is 0 Å². The van der Waals surface area contributed by atoms with E-state index in [9.17, 15) is 0 Å². The summed E-state index contributed by atoms with van der Waals surface area (Å²) in [5.41, 5.74) is 8.36. The van der Waals surface area contributed by atoms with E-state index in [1.54, 1.807) is 0 Å². The molecule has 0 bridgehead atoms. The molecule has 78 valence electrons. The summed E-state index contributed by atoms with van der Waals surface area (Å²) in [6.07, 6.45) is 0. The van der Waals surface area contributed by atoms with Gasteiger partial charge >= 0.3 is 0 Å². The Morgan fingerprint density at radius 1 is 0.938 bits per heavy atom. The highest BCUT2D eigenvalue weighted by molar-refractivity contribution is 9.10. The van der Waals surface area contributed by atoms with Gasteiger partial charge < -0.3 is 5.73 Å². The Kier molecular flexibility index (Phi) is 3.28. The number of nitrogens with two attached hydrogens (primary N) is 1. The zero-order chi connectivity index (χ0) is 11.4. The maximum Gasteiger partial charge on any atom is 0.0489 e. The zero-order valence-corrected chi connectivity index (χ0v) is 10.2. The Labute approximate surface area is 103 Å². The van der Waals surface area contributed by atoms with Crippen LogP contribution in [0.25, 0.3) is 0 Å². The highest BCUT2D eigenvalue weighted by atomic mass is 79.9. The van der Waals surface area contributed by atoms with E-state index in [2.05, 4.69) is 27.8 Å². The lowest BCUT2D eigenvalue weighted by atomic mass is 10.1. The van der Waals surface area contributed by atoms with Gasteiger partial charge in [-0.2, -0.15) is 0 Å². The van der Waals surface area contributed by atoms with Crippen molar-refractivity contribution in [3.05, 3.63) is 64.1 Å². The van der Waals surface area contributed by atoms with Gasteiger partial charge in [0.1, 0.15) is 0 Å². The molecule has 0 aromatic heterocycles. The first-order chi connectivity index (χ1) is 7.75. The van der Waals surface area contributed by atoms with E-state index in [0.717, 1.165) is 15.6 Å². The van der Waals surface area contributed by atoms with Crippen LogP contribution in [0.1, 0.15) is 11.1 Å². The molecule has 1 nitrogen and oxygen atoms in total. The van der Waals surface area contributed by atoms with E-state index >= 15 is 0 Å². The first kappa shape index (κ1) is 10.8. The van der Waals surface area contributed by atoms with Crippen LogP contribution in [0.15, 0.2) is 53.0 Å². The van der Waals surface area contributed by atoms with Gasteiger partial charge in [0.15, 0.2) is 0 Å². The Morgan fingerprint density at radius 3 is 2.44 bits per heavy atom. The molecule has 0 saturated heterocycles. The summed E-state index contributed by atoms with van der Waals surface area (Å²) in [6, 6.07) is 15.5. The fourth-order valence-electron chi connectivity index (χ4n) is 1.30. The quantitative estimate of drug-likeness (QED) is 0.577. The number of hydrogen-bond acceptors (Lipinski definition) is 1. The van der Waals surface area contributed by atoms with Gasteiger partial charge in [0.05, 0.1) is 0 Å². The van der Waals surface area contributed by atoms with E-state index in [1.165, 1.54) is 0 Å². The third kappa shape index (κ3) is 2.65. The average molecular weight is 272 g/mol. The van der Waals surface area contributed by atoms with Gasteiger partial charge in [-0.1, -0.05) is 46.0 Å². The first-order valence-corrected chi connectivity index (χ1v) is 5.67. The first-order valence-electron chi connectivity index (χ1n) is 4.88. The SMILES string of the molecule is Nc1ccc(Br)cc1C#Cc1ccccc1. The molecule has 2 rings (SSSR count). The Bertz CT molecular complexity index is 550. The third-order valence-corrected chi connectivity index (χ3v) is 2.62. The highest BCUT2D eigenvalue weighted by Gasteiger charge is 1.95. The van der Waals surface area contributed by atoms with Gasteiger partial charge in [-0.05, 0) is 30.3 Å². The highest BCUT2D eigenvalue weighted by Crippen LogP contribution is 2.17. The molecule has 0 amide bonds. The number of halogens is 1. The number of benzene rings is 2. The standard InChI is InChI=1S/C14H10BrN/c15-13-8-9-14(16)12(10-13)7-6-11-4-2-1-3-5-11/h1-5,8-10H,16H2. The molecule has 0 aliphatic rings. The number of anilines is 1. The normalized spacial score (nSPS) is 9.31. The maximum absolute atomic E-state index is 5.83. The molecule has 0 fully saturated rings.